The van der Waals surface area contributed by atoms with Crippen LogP contribution < -0.4 is 16.2 Å². The van der Waals surface area contributed by atoms with Gasteiger partial charge in [-0.1, -0.05) is 11.6 Å². The second-order valence-electron chi connectivity index (χ2n) is 9.70. The molecule has 0 saturated carbocycles. The number of aromatic nitrogens is 4. The van der Waals surface area contributed by atoms with Crippen LogP contribution in [0.5, 0.6) is 0 Å². The number of hydrogen-bond acceptors (Lipinski definition) is 7. The van der Waals surface area contributed by atoms with E-state index < -0.39 is 23.6 Å². The van der Waals surface area contributed by atoms with Gasteiger partial charge in [0.25, 0.3) is 5.56 Å². The molecule has 0 aliphatic heterocycles. The van der Waals surface area contributed by atoms with Crippen molar-refractivity contribution in [3.8, 4) is 0 Å². The Hall–Kier alpha value is -4.74. The van der Waals surface area contributed by atoms with Gasteiger partial charge in [-0.15, -0.1) is 0 Å². The Morgan fingerprint density at radius 2 is 1.98 bits per heavy atom. The largest absolute Gasteiger partial charge is 0.453 e. The van der Waals surface area contributed by atoms with E-state index >= 15 is 0 Å². The van der Waals surface area contributed by atoms with E-state index in [4.69, 9.17) is 0 Å². The molecule has 3 N–H and O–H groups in total. The molecule has 0 aliphatic rings. The summed E-state index contributed by atoms with van der Waals surface area (Å²) in [4.78, 5) is 63.7. The predicted octanol–water partition coefficient (Wildman–Crippen LogP) is 2.99. The summed E-state index contributed by atoms with van der Waals surface area (Å²) >= 11 is 0. The third kappa shape index (κ3) is 7.88. The van der Waals surface area contributed by atoms with Crippen molar-refractivity contribution < 1.29 is 19.1 Å². The van der Waals surface area contributed by atoms with Crippen LogP contribution in [0.4, 0.5) is 10.5 Å². The number of aromatic amines is 1. The minimum Gasteiger partial charge on any atom is -0.453 e. The molecule has 12 heteroatoms. The molecule has 0 spiro atoms. The maximum absolute atomic E-state index is 13.2. The van der Waals surface area contributed by atoms with Gasteiger partial charge in [0.05, 0.1) is 24.9 Å². The highest BCUT2D eigenvalue weighted by molar-refractivity contribution is 5.96. The van der Waals surface area contributed by atoms with E-state index in [1.807, 2.05) is 32.9 Å². The molecule has 3 rings (SSSR count). The second-order valence-corrected chi connectivity index (χ2v) is 9.70. The molecule has 0 aromatic carbocycles. The average molecular weight is 550 g/mol. The predicted molar refractivity (Wildman–Crippen MR) is 153 cm³/mol. The number of rotatable bonds is 10. The minimum atomic E-state index is -1.00. The third-order valence-corrected chi connectivity index (χ3v) is 5.81. The van der Waals surface area contributed by atoms with Crippen molar-refractivity contribution in [1.29, 1.82) is 0 Å². The summed E-state index contributed by atoms with van der Waals surface area (Å²) in [6.45, 7) is 6.01. The van der Waals surface area contributed by atoms with Crippen LogP contribution in [0.25, 0.3) is 17.1 Å². The van der Waals surface area contributed by atoms with E-state index in [0.717, 1.165) is 22.5 Å². The lowest BCUT2D eigenvalue weighted by atomic mass is 10.1. The number of amides is 3. The number of ether oxygens (including phenoxy) is 1. The van der Waals surface area contributed by atoms with Crippen molar-refractivity contribution in [1.82, 2.24) is 29.7 Å². The molecular formula is C28H35N7O5. The van der Waals surface area contributed by atoms with E-state index in [1.165, 1.54) is 28.7 Å². The molecular weight excluding hydrogens is 514 g/mol. The average Bonchev–Trinajstić information content (AvgIpc) is 3.29. The number of imidazole rings is 1. The molecule has 1 atom stereocenters. The monoisotopic (exact) mass is 549 g/mol. The third-order valence-electron chi connectivity index (χ3n) is 5.81. The fraction of sp³-hybridized carbons (Fsp3) is 0.357. The highest BCUT2D eigenvalue weighted by Crippen LogP contribution is 2.19. The van der Waals surface area contributed by atoms with Crippen molar-refractivity contribution >= 4 is 40.7 Å². The molecule has 0 radical (unpaired) electrons. The summed E-state index contributed by atoms with van der Waals surface area (Å²) in [6, 6.07) is 4.02. The number of carbonyl (C=O) groups excluding carboxylic acids is 3. The standard InChI is InChI=1S/C28H35N7O5/c1-17(2)14-21-25-22(15-18(3)29-21)30-23(33-25)16-35-13-9-11-20(27(35)38)31-26(37)19(32-28(39)40-6)10-7-8-12-24(36)34(4)5/h8-9,11-15,19H,7,10,16H2,1-6H3,(H,30,33)(H,31,37)(H,32,39)/b12-8+. The zero-order chi connectivity index (χ0) is 29.4. The fourth-order valence-corrected chi connectivity index (χ4v) is 3.87. The summed E-state index contributed by atoms with van der Waals surface area (Å²) in [6.07, 6.45) is 6.28. The number of H-pyrrole nitrogens is 1. The maximum atomic E-state index is 13.2. The highest BCUT2D eigenvalue weighted by atomic mass is 16.5. The molecule has 3 amide bonds. The van der Waals surface area contributed by atoms with E-state index in [1.54, 1.807) is 32.4 Å². The first-order valence-corrected chi connectivity index (χ1v) is 12.7. The number of allylic oxidation sites excluding steroid dienone is 2. The lowest BCUT2D eigenvalue weighted by Gasteiger charge is -2.17. The minimum absolute atomic E-state index is 0.0429. The van der Waals surface area contributed by atoms with Crippen molar-refractivity contribution in [3.63, 3.8) is 0 Å². The number of carbonyl (C=O) groups is 3. The number of nitrogens with one attached hydrogen (secondary N) is 3. The number of fused-ring (bicyclic) bond motifs is 1. The molecule has 3 heterocycles. The first kappa shape index (κ1) is 29.8. The fourth-order valence-electron chi connectivity index (χ4n) is 3.87. The molecule has 1 unspecified atom stereocenters. The highest BCUT2D eigenvalue weighted by Gasteiger charge is 2.22. The zero-order valence-electron chi connectivity index (χ0n) is 23.6. The number of pyridine rings is 2. The van der Waals surface area contributed by atoms with E-state index in [9.17, 15) is 19.2 Å². The van der Waals surface area contributed by atoms with Crippen molar-refractivity contribution in [3.05, 3.63) is 69.7 Å². The van der Waals surface area contributed by atoms with Gasteiger partial charge in [-0.2, -0.15) is 0 Å². The van der Waals surface area contributed by atoms with Gasteiger partial charge in [0, 0.05) is 26.0 Å². The van der Waals surface area contributed by atoms with Crippen LogP contribution in [0.3, 0.4) is 0 Å². The van der Waals surface area contributed by atoms with Gasteiger partial charge < -0.3 is 29.8 Å². The first-order valence-electron chi connectivity index (χ1n) is 12.7. The Labute approximate surface area is 232 Å². The molecule has 0 saturated heterocycles. The molecule has 3 aromatic rings. The number of alkyl carbamates (subject to hydrolysis) is 1. The van der Waals surface area contributed by atoms with Crippen molar-refractivity contribution in [2.75, 3.05) is 26.5 Å². The summed E-state index contributed by atoms with van der Waals surface area (Å²) in [5, 5.41) is 5.08. The van der Waals surface area contributed by atoms with Gasteiger partial charge in [0.2, 0.25) is 11.8 Å². The van der Waals surface area contributed by atoms with Gasteiger partial charge in [-0.05, 0) is 64.0 Å². The van der Waals surface area contributed by atoms with Crippen molar-refractivity contribution in [2.45, 2.75) is 46.2 Å². The van der Waals surface area contributed by atoms with Crippen LogP contribution in [-0.2, 0) is 20.9 Å². The Kier molecular flexibility index (Phi) is 9.96. The van der Waals surface area contributed by atoms with Crippen LogP contribution in [0.15, 0.2) is 46.9 Å². The quantitative estimate of drug-likeness (QED) is 0.329. The Morgan fingerprint density at radius 3 is 2.65 bits per heavy atom. The number of likely N-dealkylation sites (N-methyl/N-ethyl adjacent to an activating group) is 1. The van der Waals surface area contributed by atoms with Gasteiger partial charge in [0.15, 0.2) is 0 Å². The SMILES string of the molecule is COC(=O)NC(CC/C=C/C(=O)N(C)C)C(=O)Nc1cccn(Cc2nc3c(C=C(C)C)nc(C)cc3[nH]2)c1=O. The van der Waals surface area contributed by atoms with Crippen LogP contribution in [0.1, 0.15) is 43.9 Å². The molecule has 0 bridgehead atoms. The Morgan fingerprint density at radius 1 is 1.23 bits per heavy atom. The maximum Gasteiger partial charge on any atom is 0.407 e. The van der Waals surface area contributed by atoms with E-state index in [-0.39, 0.29) is 24.6 Å². The number of aryl methyl sites for hydroxylation is 1. The summed E-state index contributed by atoms with van der Waals surface area (Å²) in [7, 11) is 4.44. The Balaban J connectivity index is 1.79. The number of nitrogens with zero attached hydrogens (tertiary/aromatic N) is 4. The van der Waals surface area contributed by atoms with Gasteiger partial charge in [0.1, 0.15) is 23.1 Å². The van der Waals surface area contributed by atoms with Crippen LogP contribution in [0, 0.1) is 6.92 Å². The zero-order valence-corrected chi connectivity index (χ0v) is 23.6. The smallest absolute Gasteiger partial charge is 0.407 e. The Bertz CT molecular complexity index is 1510. The van der Waals surface area contributed by atoms with Gasteiger partial charge in [-0.25, -0.2) is 9.78 Å². The summed E-state index contributed by atoms with van der Waals surface area (Å²) in [5.41, 5.74) is 3.79. The number of methoxy groups -OCH3 is 1. The molecule has 212 valence electrons. The topological polar surface area (TPSA) is 151 Å². The van der Waals surface area contributed by atoms with E-state index in [0.29, 0.717) is 17.8 Å². The number of anilines is 1. The molecule has 0 fully saturated rings. The molecule has 0 aliphatic carbocycles. The number of hydrogen-bond donors (Lipinski definition) is 3. The first-order chi connectivity index (χ1) is 19.0. The van der Waals surface area contributed by atoms with Crippen LogP contribution in [0.2, 0.25) is 0 Å². The van der Waals surface area contributed by atoms with Crippen LogP contribution in [-0.4, -0.2) is 69.6 Å². The summed E-state index contributed by atoms with van der Waals surface area (Å²) in [5.74, 6) is -0.235. The normalized spacial score (nSPS) is 11.8. The lowest BCUT2D eigenvalue weighted by Crippen LogP contribution is -2.44. The molecule has 12 nitrogen and oxygen atoms in total. The van der Waals surface area contributed by atoms with Crippen LogP contribution >= 0.6 is 0 Å². The lowest BCUT2D eigenvalue weighted by molar-refractivity contribution is -0.123. The molecule has 40 heavy (non-hydrogen) atoms. The van der Waals surface area contributed by atoms with E-state index in [2.05, 4.69) is 30.3 Å². The second kappa shape index (κ2) is 13.4. The molecule has 3 aromatic heterocycles. The van der Waals surface area contributed by atoms with Crippen molar-refractivity contribution in [2.24, 2.45) is 0 Å². The summed E-state index contributed by atoms with van der Waals surface area (Å²) < 4.78 is 6.06. The van der Waals surface area contributed by atoms with Gasteiger partial charge in [-0.3, -0.25) is 19.4 Å². The van der Waals surface area contributed by atoms with Gasteiger partial charge >= 0.3 is 6.09 Å².